The van der Waals surface area contributed by atoms with Crippen molar-refractivity contribution in [2.75, 3.05) is 11.6 Å². The van der Waals surface area contributed by atoms with Gasteiger partial charge >= 0.3 is 0 Å². The normalized spacial score (nSPS) is 20.5. The predicted molar refractivity (Wildman–Crippen MR) is 86.0 cm³/mol. The summed E-state index contributed by atoms with van der Waals surface area (Å²) in [6, 6.07) is 10.0. The molecule has 2 aromatic rings. The van der Waals surface area contributed by atoms with Crippen molar-refractivity contribution in [3.8, 4) is 0 Å². The summed E-state index contributed by atoms with van der Waals surface area (Å²) in [4.78, 5) is 4.24. The van der Waals surface area contributed by atoms with Crippen LogP contribution >= 0.6 is 11.6 Å². The molecule has 1 aromatic carbocycles. The first-order valence-corrected chi connectivity index (χ1v) is 7.74. The van der Waals surface area contributed by atoms with Crippen LogP contribution in [-0.4, -0.2) is 17.2 Å². The first kappa shape index (κ1) is 12.8. The minimum absolute atomic E-state index is 0.579. The molecule has 2 aliphatic rings. The van der Waals surface area contributed by atoms with Crippen molar-refractivity contribution in [1.82, 2.24) is 4.98 Å². The van der Waals surface area contributed by atoms with Gasteiger partial charge < -0.3 is 0 Å². The number of aromatic nitrogens is 1. The van der Waals surface area contributed by atoms with Crippen LogP contribution in [-0.2, 0) is 6.42 Å². The summed E-state index contributed by atoms with van der Waals surface area (Å²) in [5, 5.41) is 7.75. The second kappa shape index (κ2) is 5.15. The first-order valence-electron chi connectivity index (χ1n) is 7.36. The Labute approximate surface area is 129 Å². The summed E-state index contributed by atoms with van der Waals surface area (Å²) in [5.74, 6) is 0.579. The molecule has 4 rings (SSSR count). The Morgan fingerprint density at radius 1 is 1.19 bits per heavy atom. The molecule has 4 heteroatoms. The standard InChI is InChI=1S/C17H16ClN3/c18-14-2-1-3-15(10-14)21-9-7-12-4-5-13-11-19-8-6-16(13)17(12)20-21/h1-3,6,8,10-12H,4-5,7,9H2. The van der Waals surface area contributed by atoms with Gasteiger partial charge in [0.05, 0.1) is 11.4 Å². The SMILES string of the molecule is Clc1cccc(N2CCC3CCc4cnccc4C3=N2)c1. The third-order valence-electron chi connectivity index (χ3n) is 4.35. The fraction of sp³-hybridized carbons (Fsp3) is 0.294. The molecule has 0 amide bonds. The molecule has 3 nitrogen and oxygen atoms in total. The molecule has 1 aliphatic carbocycles. The molecule has 21 heavy (non-hydrogen) atoms. The van der Waals surface area contributed by atoms with Crippen molar-refractivity contribution in [3.05, 3.63) is 58.9 Å². The molecule has 1 aliphatic heterocycles. The molecule has 0 radical (unpaired) electrons. The smallest absolute Gasteiger partial charge is 0.0717 e. The third-order valence-corrected chi connectivity index (χ3v) is 4.59. The lowest BCUT2D eigenvalue weighted by Crippen LogP contribution is -2.35. The summed E-state index contributed by atoms with van der Waals surface area (Å²) in [5.41, 5.74) is 4.87. The Bertz CT molecular complexity index is 711. The Morgan fingerprint density at radius 3 is 3.05 bits per heavy atom. The summed E-state index contributed by atoms with van der Waals surface area (Å²) < 4.78 is 0. The summed E-state index contributed by atoms with van der Waals surface area (Å²) in [6.45, 7) is 0.953. The van der Waals surface area contributed by atoms with Crippen LogP contribution in [0.25, 0.3) is 0 Å². The lowest BCUT2D eigenvalue weighted by molar-refractivity contribution is 0.531. The van der Waals surface area contributed by atoms with E-state index in [-0.39, 0.29) is 0 Å². The second-order valence-corrected chi connectivity index (χ2v) is 6.08. The van der Waals surface area contributed by atoms with E-state index in [2.05, 4.69) is 22.1 Å². The molecule has 0 bridgehead atoms. The second-order valence-electron chi connectivity index (χ2n) is 5.65. The van der Waals surface area contributed by atoms with E-state index in [0.717, 1.165) is 30.1 Å². The molecule has 1 atom stereocenters. The van der Waals surface area contributed by atoms with Gasteiger partial charge in [-0.25, -0.2) is 0 Å². The van der Waals surface area contributed by atoms with Crippen LogP contribution in [0.2, 0.25) is 5.02 Å². The highest BCUT2D eigenvalue weighted by molar-refractivity contribution is 6.30. The molecule has 0 saturated carbocycles. The summed E-state index contributed by atoms with van der Waals surface area (Å²) in [7, 11) is 0. The Morgan fingerprint density at radius 2 is 2.14 bits per heavy atom. The van der Waals surface area contributed by atoms with Gasteiger partial charge in [-0.05, 0) is 49.1 Å². The van der Waals surface area contributed by atoms with Crippen molar-refractivity contribution < 1.29 is 0 Å². The Balaban J connectivity index is 1.76. The number of anilines is 1. The van der Waals surface area contributed by atoms with Crippen molar-refractivity contribution in [3.63, 3.8) is 0 Å². The fourth-order valence-corrected chi connectivity index (χ4v) is 3.45. The third kappa shape index (κ3) is 2.32. The monoisotopic (exact) mass is 297 g/mol. The van der Waals surface area contributed by atoms with E-state index < -0.39 is 0 Å². The van der Waals surface area contributed by atoms with Gasteiger partial charge in [0.25, 0.3) is 0 Å². The molecule has 0 N–H and O–H groups in total. The number of halogens is 1. The number of aryl methyl sites for hydroxylation is 1. The lowest BCUT2D eigenvalue weighted by Gasteiger charge is -2.34. The maximum Gasteiger partial charge on any atom is 0.0717 e. The van der Waals surface area contributed by atoms with Crippen LogP contribution < -0.4 is 5.01 Å². The highest BCUT2D eigenvalue weighted by Crippen LogP contribution is 2.33. The predicted octanol–water partition coefficient (Wildman–Crippen LogP) is 3.91. The molecule has 1 aromatic heterocycles. The van der Waals surface area contributed by atoms with Crippen LogP contribution in [0.1, 0.15) is 24.0 Å². The van der Waals surface area contributed by atoms with Crippen LogP contribution in [0.15, 0.2) is 47.8 Å². The first-order chi connectivity index (χ1) is 10.3. The number of hydrogen-bond acceptors (Lipinski definition) is 3. The minimum atomic E-state index is 0.579. The number of hydrogen-bond donors (Lipinski definition) is 0. The Hall–Kier alpha value is -1.87. The quantitative estimate of drug-likeness (QED) is 0.798. The molecule has 0 spiro atoms. The van der Waals surface area contributed by atoms with E-state index in [1.54, 1.807) is 0 Å². The molecule has 2 heterocycles. The van der Waals surface area contributed by atoms with Crippen molar-refractivity contribution >= 4 is 23.0 Å². The highest BCUT2D eigenvalue weighted by Gasteiger charge is 2.30. The maximum atomic E-state index is 6.10. The van der Waals surface area contributed by atoms with Crippen molar-refractivity contribution in [1.29, 1.82) is 0 Å². The van der Waals surface area contributed by atoms with Gasteiger partial charge in [0, 0.05) is 35.4 Å². The van der Waals surface area contributed by atoms with E-state index in [1.165, 1.54) is 23.3 Å². The molecule has 0 saturated heterocycles. The molecular formula is C17H16ClN3. The van der Waals surface area contributed by atoms with Crippen LogP contribution in [0.3, 0.4) is 0 Å². The molecule has 0 fully saturated rings. The van der Waals surface area contributed by atoms with Gasteiger partial charge in [0.1, 0.15) is 0 Å². The van der Waals surface area contributed by atoms with Crippen molar-refractivity contribution in [2.24, 2.45) is 11.0 Å². The maximum absolute atomic E-state index is 6.10. The van der Waals surface area contributed by atoms with Gasteiger partial charge in [-0.3, -0.25) is 9.99 Å². The van der Waals surface area contributed by atoms with Gasteiger partial charge in [-0.15, -0.1) is 0 Å². The number of benzene rings is 1. The number of rotatable bonds is 1. The number of hydrazone groups is 1. The van der Waals surface area contributed by atoms with E-state index in [9.17, 15) is 0 Å². The van der Waals surface area contributed by atoms with Gasteiger partial charge in [-0.2, -0.15) is 5.10 Å². The van der Waals surface area contributed by atoms with Gasteiger partial charge in [-0.1, -0.05) is 17.7 Å². The zero-order chi connectivity index (χ0) is 14.2. The zero-order valence-electron chi connectivity index (χ0n) is 11.7. The topological polar surface area (TPSA) is 28.5 Å². The number of pyridine rings is 1. The minimum Gasteiger partial charge on any atom is -0.265 e. The number of fused-ring (bicyclic) bond motifs is 3. The van der Waals surface area contributed by atoms with Crippen LogP contribution in [0.4, 0.5) is 5.69 Å². The van der Waals surface area contributed by atoms with E-state index in [1.807, 2.05) is 30.6 Å². The van der Waals surface area contributed by atoms with Crippen LogP contribution in [0, 0.1) is 5.92 Å². The van der Waals surface area contributed by atoms with Gasteiger partial charge in [0.15, 0.2) is 0 Å². The average Bonchev–Trinajstić information content (AvgIpc) is 2.54. The van der Waals surface area contributed by atoms with Gasteiger partial charge in [0.2, 0.25) is 0 Å². The zero-order valence-corrected chi connectivity index (χ0v) is 12.4. The number of nitrogens with zero attached hydrogens (tertiary/aromatic N) is 3. The largest absolute Gasteiger partial charge is 0.265 e. The molecule has 106 valence electrons. The fourth-order valence-electron chi connectivity index (χ4n) is 3.26. The van der Waals surface area contributed by atoms with E-state index in [0.29, 0.717) is 5.92 Å². The summed E-state index contributed by atoms with van der Waals surface area (Å²) in [6.07, 6.45) is 7.28. The highest BCUT2D eigenvalue weighted by atomic mass is 35.5. The average molecular weight is 298 g/mol. The molecule has 1 unspecified atom stereocenters. The Kier molecular flexibility index (Phi) is 3.15. The summed E-state index contributed by atoms with van der Waals surface area (Å²) >= 11 is 6.10. The van der Waals surface area contributed by atoms with Crippen LogP contribution in [0.5, 0.6) is 0 Å². The molecular weight excluding hydrogens is 282 g/mol. The van der Waals surface area contributed by atoms with E-state index in [4.69, 9.17) is 16.7 Å². The lowest BCUT2D eigenvalue weighted by atomic mass is 9.80. The van der Waals surface area contributed by atoms with E-state index >= 15 is 0 Å². The van der Waals surface area contributed by atoms with Crippen molar-refractivity contribution in [2.45, 2.75) is 19.3 Å².